The molecule has 0 bridgehead atoms. The molecule has 0 atom stereocenters. The van der Waals surface area contributed by atoms with Crippen molar-refractivity contribution in [3.05, 3.63) is 34.9 Å². The highest BCUT2D eigenvalue weighted by molar-refractivity contribution is 5.33. The van der Waals surface area contributed by atoms with Crippen LogP contribution in [0.4, 0.5) is 0 Å². The zero-order valence-electron chi connectivity index (χ0n) is 11.5. The number of aliphatic hydroxyl groups is 1. The van der Waals surface area contributed by atoms with Gasteiger partial charge in [-0.05, 0) is 43.4 Å². The van der Waals surface area contributed by atoms with Gasteiger partial charge in [-0.15, -0.1) is 0 Å². The summed E-state index contributed by atoms with van der Waals surface area (Å²) in [5.41, 5.74) is 3.86. The summed E-state index contributed by atoms with van der Waals surface area (Å²) < 4.78 is 0. The van der Waals surface area contributed by atoms with Gasteiger partial charge in [-0.2, -0.15) is 0 Å². The van der Waals surface area contributed by atoms with Crippen molar-refractivity contribution in [1.82, 2.24) is 5.32 Å². The van der Waals surface area contributed by atoms with Gasteiger partial charge < -0.3 is 10.4 Å². The Hall–Kier alpha value is -0.860. The van der Waals surface area contributed by atoms with Crippen LogP contribution in [0.3, 0.4) is 0 Å². The number of rotatable bonds is 6. The van der Waals surface area contributed by atoms with E-state index in [1.165, 1.54) is 16.7 Å². The Morgan fingerprint density at radius 2 is 1.65 bits per heavy atom. The maximum absolute atomic E-state index is 9.53. The molecule has 0 aliphatic carbocycles. The first-order valence-corrected chi connectivity index (χ1v) is 6.49. The van der Waals surface area contributed by atoms with Crippen molar-refractivity contribution in [1.29, 1.82) is 0 Å². The average Bonchev–Trinajstić information content (AvgIpc) is 2.34. The van der Waals surface area contributed by atoms with Gasteiger partial charge in [0.25, 0.3) is 0 Å². The topological polar surface area (TPSA) is 32.3 Å². The van der Waals surface area contributed by atoms with Crippen molar-refractivity contribution in [2.75, 3.05) is 6.61 Å². The molecule has 0 heterocycles. The van der Waals surface area contributed by atoms with Crippen molar-refractivity contribution in [3.63, 3.8) is 0 Å². The van der Waals surface area contributed by atoms with E-state index in [-0.39, 0.29) is 12.1 Å². The summed E-state index contributed by atoms with van der Waals surface area (Å²) in [5.74, 6) is 0. The molecule has 0 saturated carbocycles. The zero-order chi connectivity index (χ0) is 12.9. The van der Waals surface area contributed by atoms with Crippen molar-refractivity contribution in [2.24, 2.45) is 0 Å². The second-order valence-corrected chi connectivity index (χ2v) is 4.87. The monoisotopic (exact) mass is 235 g/mol. The minimum Gasteiger partial charge on any atom is -0.394 e. The van der Waals surface area contributed by atoms with Crippen LogP contribution in [0.2, 0.25) is 0 Å². The van der Waals surface area contributed by atoms with Crippen molar-refractivity contribution >= 4 is 0 Å². The van der Waals surface area contributed by atoms with E-state index in [0.29, 0.717) is 0 Å². The maximum Gasteiger partial charge on any atom is 0.0613 e. The third kappa shape index (κ3) is 3.30. The largest absolute Gasteiger partial charge is 0.394 e. The average molecular weight is 235 g/mol. The highest BCUT2D eigenvalue weighted by Crippen LogP contribution is 2.18. The number of aryl methyl sites for hydroxylation is 2. The third-order valence-electron chi connectivity index (χ3n) is 3.94. The highest BCUT2D eigenvalue weighted by atomic mass is 16.3. The van der Waals surface area contributed by atoms with Gasteiger partial charge in [-0.3, -0.25) is 0 Å². The number of benzene rings is 1. The Morgan fingerprint density at radius 1 is 1.12 bits per heavy atom. The summed E-state index contributed by atoms with van der Waals surface area (Å²) >= 11 is 0. The molecule has 0 fully saturated rings. The van der Waals surface area contributed by atoms with E-state index in [2.05, 4.69) is 51.2 Å². The number of hydrogen-bond acceptors (Lipinski definition) is 2. The van der Waals surface area contributed by atoms with Gasteiger partial charge in [0.15, 0.2) is 0 Å². The fourth-order valence-electron chi connectivity index (χ4n) is 2.18. The molecule has 17 heavy (non-hydrogen) atoms. The van der Waals surface area contributed by atoms with E-state index in [9.17, 15) is 5.11 Å². The minimum atomic E-state index is -0.130. The Labute approximate surface area is 105 Å². The van der Waals surface area contributed by atoms with Gasteiger partial charge in [0, 0.05) is 12.1 Å². The molecule has 1 aromatic rings. The van der Waals surface area contributed by atoms with E-state index >= 15 is 0 Å². The first-order chi connectivity index (χ1) is 8.08. The molecule has 96 valence electrons. The van der Waals surface area contributed by atoms with Gasteiger partial charge in [0.05, 0.1) is 6.61 Å². The van der Waals surface area contributed by atoms with Gasteiger partial charge in [-0.1, -0.05) is 32.0 Å². The maximum atomic E-state index is 9.53. The van der Waals surface area contributed by atoms with Crippen LogP contribution in [0.1, 0.15) is 43.4 Å². The summed E-state index contributed by atoms with van der Waals surface area (Å²) in [6, 6.07) is 6.37. The molecule has 0 unspecified atom stereocenters. The minimum absolute atomic E-state index is 0.130. The lowest BCUT2D eigenvalue weighted by atomic mass is 9.92. The zero-order valence-corrected chi connectivity index (χ0v) is 11.5. The molecule has 1 aromatic carbocycles. The van der Waals surface area contributed by atoms with E-state index in [1.54, 1.807) is 0 Å². The second-order valence-electron chi connectivity index (χ2n) is 4.87. The van der Waals surface area contributed by atoms with E-state index in [0.717, 1.165) is 19.4 Å². The Bertz CT molecular complexity index is 327. The SMILES string of the molecule is CCC(CC)(CO)NCc1c(C)cccc1C. The first kappa shape index (κ1) is 14.2. The predicted octanol–water partition coefficient (Wildman–Crippen LogP) is 2.94. The molecular weight excluding hydrogens is 210 g/mol. The normalized spacial score (nSPS) is 11.8. The molecule has 0 amide bonds. The second kappa shape index (κ2) is 6.18. The van der Waals surface area contributed by atoms with Crippen LogP contribution in [0.15, 0.2) is 18.2 Å². The molecule has 0 saturated heterocycles. The highest BCUT2D eigenvalue weighted by Gasteiger charge is 2.24. The van der Waals surface area contributed by atoms with Crippen LogP contribution in [0, 0.1) is 13.8 Å². The Balaban J connectivity index is 2.79. The van der Waals surface area contributed by atoms with Crippen molar-refractivity contribution in [3.8, 4) is 0 Å². The van der Waals surface area contributed by atoms with Gasteiger partial charge in [0.1, 0.15) is 0 Å². The molecule has 2 heteroatoms. The lowest BCUT2D eigenvalue weighted by Gasteiger charge is -2.31. The summed E-state index contributed by atoms with van der Waals surface area (Å²) in [6.07, 6.45) is 1.90. The fourth-order valence-corrected chi connectivity index (χ4v) is 2.18. The van der Waals surface area contributed by atoms with E-state index in [1.807, 2.05) is 0 Å². The van der Waals surface area contributed by atoms with Crippen molar-refractivity contribution in [2.45, 2.75) is 52.6 Å². The smallest absolute Gasteiger partial charge is 0.0613 e. The number of hydrogen-bond donors (Lipinski definition) is 2. The van der Waals surface area contributed by atoms with Gasteiger partial charge >= 0.3 is 0 Å². The molecular formula is C15H25NO. The Kier molecular flexibility index (Phi) is 5.16. The summed E-state index contributed by atoms with van der Waals surface area (Å²) in [4.78, 5) is 0. The molecule has 0 radical (unpaired) electrons. The van der Waals surface area contributed by atoms with Crippen LogP contribution < -0.4 is 5.32 Å². The van der Waals surface area contributed by atoms with E-state index < -0.39 is 0 Å². The molecule has 1 rings (SSSR count). The van der Waals surface area contributed by atoms with Gasteiger partial charge in [-0.25, -0.2) is 0 Å². The molecule has 0 spiro atoms. The Morgan fingerprint density at radius 3 is 2.06 bits per heavy atom. The first-order valence-electron chi connectivity index (χ1n) is 6.49. The standard InChI is InChI=1S/C15H25NO/c1-5-15(6-2,11-17)16-10-14-12(3)8-7-9-13(14)4/h7-9,16-17H,5-6,10-11H2,1-4H3. The number of nitrogens with one attached hydrogen (secondary N) is 1. The fraction of sp³-hybridized carbons (Fsp3) is 0.600. The van der Waals surface area contributed by atoms with Crippen LogP contribution in [-0.2, 0) is 6.54 Å². The van der Waals surface area contributed by atoms with Crippen LogP contribution in [0.5, 0.6) is 0 Å². The molecule has 2 N–H and O–H groups in total. The van der Waals surface area contributed by atoms with Crippen LogP contribution >= 0.6 is 0 Å². The lowest BCUT2D eigenvalue weighted by molar-refractivity contribution is 0.149. The molecule has 0 aromatic heterocycles. The summed E-state index contributed by atoms with van der Waals surface area (Å²) in [6.45, 7) is 9.56. The quantitative estimate of drug-likeness (QED) is 0.794. The summed E-state index contributed by atoms with van der Waals surface area (Å²) in [5, 5.41) is 13.1. The lowest BCUT2D eigenvalue weighted by Crippen LogP contribution is -2.47. The molecule has 0 aliphatic rings. The van der Waals surface area contributed by atoms with Gasteiger partial charge in [0.2, 0.25) is 0 Å². The number of aliphatic hydroxyl groups excluding tert-OH is 1. The predicted molar refractivity (Wildman–Crippen MR) is 73.2 cm³/mol. The van der Waals surface area contributed by atoms with Crippen molar-refractivity contribution < 1.29 is 5.11 Å². The van der Waals surface area contributed by atoms with E-state index in [4.69, 9.17) is 0 Å². The van der Waals surface area contributed by atoms with Crippen LogP contribution in [-0.4, -0.2) is 17.3 Å². The van der Waals surface area contributed by atoms with Crippen LogP contribution in [0.25, 0.3) is 0 Å². The molecule has 0 aliphatic heterocycles. The third-order valence-corrected chi connectivity index (χ3v) is 3.94. The summed E-state index contributed by atoms with van der Waals surface area (Å²) in [7, 11) is 0. The molecule has 2 nitrogen and oxygen atoms in total.